The van der Waals surface area contributed by atoms with Crippen molar-refractivity contribution in [3.63, 3.8) is 0 Å². The quantitative estimate of drug-likeness (QED) is 0.0555. The van der Waals surface area contributed by atoms with Crippen LogP contribution in [0.25, 0.3) is 22.6 Å². The van der Waals surface area contributed by atoms with Crippen LogP contribution in [0, 0.1) is 5.92 Å². The molecule has 0 aliphatic carbocycles. The van der Waals surface area contributed by atoms with E-state index in [-0.39, 0.29) is 11.3 Å². The Bertz CT molecular complexity index is 3240. The fourth-order valence-electron chi connectivity index (χ4n) is 9.71. The minimum Gasteiger partial charge on any atom is -0.508 e. The Kier molecular flexibility index (Phi) is 19.6. The molecule has 15 atom stereocenters. The van der Waals surface area contributed by atoms with Gasteiger partial charge in [0.15, 0.2) is 23.5 Å². The highest BCUT2D eigenvalue weighted by atomic mass is 32.3. The number of primary amides is 1. The average molecular weight is 1200 g/mol. The van der Waals surface area contributed by atoms with Crippen molar-refractivity contribution in [1.29, 1.82) is 0 Å². The van der Waals surface area contributed by atoms with Crippen molar-refractivity contribution < 1.29 is 111 Å². The molecule has 1 aromatic heterocycles. The van der Waals surface area contributed by atoms with Crippen LogP contribution in [0.2, 0.25) is 0 Å². The number of carbonyl (C=O) groups excluding carboxylic acids is 8. The van der Waals surface area contributed by atoms with Crippen molar-refractivity contribution in [2.24, 2.45) is 11.7 Å². The number of phenols is 2. The predicted molar refractivity (Wildman–Crippen MR) is 280 cm³/mol. The number of nitrogens with zero attached hydrogens (tertiary/aromatic N) is 3. The predicted octanol–water partition coefficient (Wildman–Crippen LogP) is -5.77. The highest BCUT2D eigenvalue weighted by Gasteiger charge is 2.51. The maximum atomic E-state index is 14.6. The third kappa shape index (κ3) is 14.7. The van der Waals surface area contributed by atoms with E-state index in [1.165, 1.54) is 43.3 Å². The first-order valence-electron chi connectivity index (χ1n) is 25.6. The van der Waals surface area contributed by atoms with Crippen LogP contribution < -0.4 is 36.5 Å². The number of aliphatic hydroxyl groups is 8. The summed E-state index contributed by atoms with van der Waals surface area (Å²) < 4.78 is 42.1. The molecule has 84 heavy (non-hydrogen) atoms. The van der Waals surface area contributed by atoms with Gasteiger partial charge in [0.2, 0.25) is 41.4 Å². The number of amides is 8. The second-order valence-electron chi connectivity index (χ2n) is 20.4. The molecule has 33 heteroatoms. The largest absolute Gasteiger partial charge is 0.508 e. The van der Waals surface area contributed by atoms with Gasteiger partial charge >= 0.3 is 10.4 Å². The van der Waals surface area contributed by atoms with Crippen molar-refractivity contribution in [1.82, 2.24) is 41.5 Å². The van der Waals surface area contributed by atoms with E-state index in [1.54, 1.807) is 18.2 Å². The number of fused-ring (bicyclic) bond motifs is 2. The molecule has 4 aromatic rings. The van der Waals surface area contributed by atoms with E-state index >= 15 is 0 Å². The summed E-state index contributed by atoms with van der Waals surface area (Å²) in [4.78, 5) is 114. The molecule has 3 aromatic carbocycles. The molecule has 0 saturated carbocycles. The van der Waals surface area contributed by atoms with Gasteiger partial charge in [0.05, 0.1) is 30.8 Å². The summed E-state index contributed by atoms with van der Waals surface area (Å²) in [7, 11) is -5.35. The van der Waals surface area contributed by atoms with Crippen LogP contribution >= 0.6 is 0 Å². The van der Waals surface area contributed by atoms with Crippen LogP contribution in [0.3, 0.4) is 0 Å². The Balaban J connectivity index is 1.26. The summed E-state index contributed by atoms with van der Waals surface area (Å²) in [5.41, 5.74) is 5.94. The Morgan fingerprint density at radius 3 is 2.02 bits per heavy atom. The number of benzene rings is 3. The number of aromatic hydroxyl groups is 2. The molecule has 0 radical (unpaired) electrons. The Morgan fingerprint density at radius 2 is 1.39 bits per heavy atom. The van der Waals surface area contributed by atoms with Gasteiger partial charge in [0, 0.05) is 54.6 Å². The van der Waals surface area contributed by atoms with Crippen molar-refractivity contribution >= 4 is 57.7 Å². The number of rotatable bonds is 13. The molecule has 32 nitrogen and oxygen atoms in total. The van der Waals surface area contributed by atoms with Crippen molar-refractivity contribution in [3.8, 4) is 39.8 Å². The van der Waals surface area contributed by atoms with Crippen LogP contribution in [-0.4, -0.2) is 218 Å². The van der Waals surface area contributed by atoms with Crippen molar-refractivity contribution in [2.75, 3.05) is 13.1 Å². The van der Waals surface area contributed by atoms with E-state index in [1.807, 2.05) is 10.6 Å². The van der Waals surface area contributed by atoms with E-state index in [2.05, 4.69) is 25.3 Å². The first kappa shape index (κ1) is 63.2. The molecular weight excluding hydrogens is 1140 g/mol. The van der Waals surface area contributed by atoms with E-state index in [4.69, 9.17) is 10.3 Å². The van der Waals surface area contributed by atoms with Crippen LogP contribution in [0.5, 0.6) is 17.2 Å². The standard InChI is InChI=1S/C51H61N9O23S/c1-20-18-60-40(41(20)68)49(76)57-47(74)33(66)15-29(53-44(71)24-5-3-22(4-6-24)28-16-34(82-58-28)23-7-10-26(62)11-8-23)45(72)54-37(21(2)61)50(77)59-19-27(63)14-30(59)46(73)56-39(48(75)55-38(51(60)78)32(65)17-36(52)67)43(70)42(69)25-9-12-31(64)35(13-25)83-84(79,80)81/h3-13,16,20-21,27,29-30,32-33,37-43,47,61-66,68-70,74H,14-15,17-19H2,1-2H3,(H2,52,67)(H,53,71)(H,54,72)(H,55,75)(H,56,73)(H,57,76)(H,79,80,81)/t20-,21+,27+,29-,30-,32+,33+,37-,38-,39-,40-,41-,42-,43-,47+/m0/s1. The first-order valence-corrected chi connectivity index (χ1v) is 27.0. The Labute approximate surface area is 475 Å². The van der Waals surface area contributed by atoms with Gasteiger partial charge in [-0.3, -0.25) is 42.9 Å². The number of hydrogen-bond acceptors (Lipinski definition) is 23. The van der Waals surface area contributed by atoms with Gasteiger partial charge < -0.3 is 102 Å². The van der Waals surface area contributed by atoms with E-state index in [0.717, 1.165) is 13.0 Å². The number of phenolic OH excluding ortho intramolecular Hbond substituents is 2. The lowest BCUT2D eigenvalue weighted by Crippen LogP contribution is -2.64. The Hall–Kier alpha value is -8.38. The molecule has 7 rings (SSSR count). The molecular formula is C51H61N9O23S. The molecule has 3 aliphatic heterocycles. The molecule has 0 unspecified atom stereocenters. The van der Waals surface area contributed by atoms with Gasteiger partial charge in [-0.2, -0.15) is 8.42 Å². The molecule has 3 saturated heterocycles. The third-order valence-corrected chi connectivity index (χ3v) is 14.6. The molecule has 4 heterocycles. The van der Waals surface area contributed by atoms with Crippen LogP contribution in [-0.2, 0) is 44.0 Å². The maximum absolute atomic E-state index is 14.6. The summed E-state index contributed by atoms with van der Waals surface area (Å²) in [5.74, 6) is -13.7. The zero-order valence-electron chi connectivity index (χ0n) is 44.3. The fourth-order valence-corrected chi connectivity index (χ4v) is 10.1. The van der Waals surface area contributed by atoms with Gasteiger partial charge in [-0.1, -0.05) is 30.3 Å². The zero-order valence-corrected chi connectivity index (χ0v) is 45.1. The van der Waals surface area contributed by atoms with Gasteiger partial charge in [-0.25, -0.2) is 0 Å². The average Bonchev–Trinajstić information content (AvgIpc) is 2.87. The molecule has 0 bridgehead atoms. The molecule has 454 valence electrons. The lowest BCUT2D eigenvalue weighted by Gasteiger charge is -2.34. The van der Waals surface area contributed by atoms with Crippen molar-refractivity contribution in [3.05, 3.63) is 83.9 Å². The number of carbonyl (C=O) groups is 8. The number of nitrogens with one attached hydrogen (secondary N) is 5. The first-order chi connectivity index (χ1) is 39.4. The van der Waals surface area contributed by atoms with E-state index in [0.29, 0.717) is 44.5 Å². The second kappa shape index (κ2) is 26.0. The van der Waals surface area contributed by atoms with Crippen LogP contribution in [0.4, 0.5) is 0 Å². The van der Waals surface area contributed by atoms with Crippen molar-refractivity contribution in [2.45, 2.75) is 118 Å². The minimum atomic E-state index is -5.35. The number of hydrogen-bond donors (Lipinski definition) is 17. The smallest absolute Gasteiger partial charge is 0.446 e. The summed E-state index contributed by atoms with van der Waals surface area (Å²) in [6.45, 7) is 1.05. The highest BCUT2D eigenvalue weighted by Crippen LogP contribution is 2.33. The minimum absolute atomic E-state index is 0.0161. The number of aliphatic hydroxyl groups excluding tert-OH is 8. The summed E-state index contributed by atoms with van der Waals surface area (Å²) in [6, 6.07) is 2.14. The van der Waals surface area contributed by atoms with Gasteiger partial charge in [-0.15, -0.1) is 0 Å². The molecule has 3 aliphatic rings. The van der Waals surface area contributed by atoms with Gasteiger partial charge in [0.1, 0.15) is 66.0 Å². The molecule has 3 fully saturated rings. The van der Waals surface area contributed by atoms with Gasteiger partial charge in [0.25, 0.3) is 5.91 Å². The van der Waals surface area contributed by atoms with Crippen LogP contribution in [0.1, 0.15) is 55.1 Å². The lowest BCUT2D eigenvalue weighted by atomic mass is 9.96. The summed E-state index contributed by atoms with van der Waals surface area (Å²) in [5, 5.41) is 125. The highest BCUT2D eigenvalue weighted by molar-refractivity contribution is 7.81. The number of aromatic nitrogens is 1. The second-order valence-corrected chi connectivity index (χ2v) is 21.4. The SMILES string of the molecule is C[C@@H](O)[C@@H]1NC(=O)[C@@H](NC(=O)c2ccc(-c3cc(-c4ccc(O)cc4)on3)cc2)C[C@@H](O)[C@@H](O)NC(=O)[C@@H]2[C@@H](O)[C@@H](C)CN2C(=O)[C@H]([C@H](O)CC(N)=O)NC(=O)[C@H]([C@H](O)[C@@H](O)c2ccc(O)c(OS(=O)(=O)O)c2)NC(=O)[C@@H]2C[C@@H](O)CN2C1=O. The normalized spacial score (nSPS) is 27.3. The Morgan fingerprint density at radius 1 is 0.774 bits per heavy atom. The zero-order chi connectivity index (χ0) is 61.8. The van der Waals surface area contributed by atoms with E-state index < -0.39 is 198 Å². The molecule has 18 N–H and O–H groups in total. The maximum Gasteiger partial charge on any atom is 0.446 e. The third-order valence-electron chi connectivity index (χ3n) is 14.2. The van der Waals surface area contributed by atoms with Crippen LogP contribution in [0.15, 0.2) is 77.3 Å². The fraction of sp³-hybridized carbons (Fsp3) is 0.431. The summed E-state index contributed by atoms with van der Waals surface area (Å²) >= 11 is 0. The van der Waals surface area contributed by atoms with E-state index in [9.17, 15) is 102 Å². The summed E-state index contributed by atoms with van der Waals surface area (Å²) in [6.07, 6.45) is -20.3. The monoisotopic (exact) mass is 1200 g/mol. The molecule has 0 spiro atoms. The lowest BCUT2D eigenvalue weighted by molar-refractivity contribution is -0.149. The number of nitrogens with two attached hydrogens (primary N) is 1. The molecule has 8 amide bonds. The van der Waals surface area contributed by atoms with Gasteiger partial charge in [-0.05, 0) is 61.0 Å². The topological polar surface area (TPSA) is 521 Å².